The van der Waals surface area contributed by atoms with Crippen molar-refractivity contribution in [2.45, 2.75) is 53.4 Å². The SMILES string of the molecule is C=C(C(CC)CCCCNC)C(C)(C)C. The van der Waals surface area contributed by atoms with E-state index in [2.05, 4.69) is 39.6 Å². The van der Waals surface area contributed by atoms with Gasteiger partial charge in [-0.2, -0.15) is 0 Å². The molecule has 90 valence electrons. The monoisotopic (exact) mass is 211 g/mol. The fourth-order valence-electron chi connectivity index (χ4n) is 1.93. The summed E-state index contributed by atoms with van der Waals surface area (Å²) in [5, 5.41) is 3.20. The second-order valence-electron chi connectivity index (χ2n) is 5.48. The van der Waals surface area contributed by atoms with Crippen LogP contribution in [0.2, 0.25) is 0 Å². The van der Waals surface area contributed by atoms with E-state index in [0.717, 1.165) is 6.54 Å². The van der Waals surface area contributed by atoms with E-state index < -0.39 is 0 Å². The van der Waals surface area contributed by atoms with Crippen molar-refractivity contribution in [3.05, 3.63) is 12.2 Å². The largest absolute Gasteiger partial charge is 0.320 e. The van der Waals surface area contributed by atoms with E-state index in [4.69, 9.17) is 0 Å². The Morgan fingerprint density at radius 1 is 1.27 bits per heavy atom. The lowest BCUT2D eigenvalue weighted by Gasteiger charge is -2.29. The van der Waals surface area contributed by atoms with Gasteiger partial charge >= 0.3 is 0 Å². The minimum Gasteiger partial charge on any atom is -0.320 e. The Labute approximate surface area is 96.3 Å². The van der Waals surface area contributed by atoms with E-state index in [0.29, 0.717) is 5.92 Å². The molecule has 0 aliphatic carbocycles. The van der Waals surface area contributed by atoms with Crippen molar-refractivity contribution in [3.8, 4) is 0 Å². The van der Waals surface area contributed by atoms with Crippen LogP contribution in [0.25, 0.3) is 0 Å². The van der Waals surface area contributed by atoms with E-state index in [-0.39, 0.29) is 5.41 Å². The Balaban J connectivity index is 3.97. The summed E-state index contributed by atoms with van der Waals surface area (Å²) in [6, 6.07) is 0. The minimum absolute atomic E-state index is 0.268. The maximum atomic E-state index is 4.28. The predicted octanol–water partition coefficient (Wildman–Crippen LogP) is 4.00. The Bertz CT molecular complexity index is 176. The molecule has 1 heteroatoms. The summed E-state index contributed by atoms with van der Waals surface area (Å²) >= 11 is 0. The van der Waals surface area contributed by atoms with Crippen LogP contribution in [0.15, 0.2) is 12.2 Å². The molecule has 0 aliphatic rings. The molecular weight excluding hydrogens is 182 g/mol. The average molecular weight is 211 g/mol. The van der Waals surface area contributed by atoms with Crippen LogP contribution in [0.4, 0.5) is 0 Å². The van der Waals surface area contributed by atoms with Gasteiger partial charge in [-0.1, -0.05) is 46.3 Å². The second-order valence-corrected chi connectivity index (χ2v) is 5.48. The topological polar surface area (TPSA) is 12.0 Å². The highest BCUT2D eigenvalue weighted by Gasteiger charge is 2.21. The maximum absolute atomic E-state index is 4.28. The molecular formula is C14H29N. The molecule has 0 aromatic rings. The molecule has 0 rings (SSSR count). The normalized spacial score (nSPS) is 13.9. The smallest absolute Gasteiger partial charge is 0.00519 e. The van der Waals surface area contributed by atoms with Gasteiger partial charge in [-0.25, -0.2) is 0 Å². The molecule has 0 spiro atoms. The quantitative estimate of drug-likeness (QED) is 0.496. The van der Waals surface area contributed by atoms with E-state index in [1.54, 1.807) is 0 Å². The van der Waals surface area contributed by atoms with Crippen LogP contribution in [0, 0.1) is 11.3 Å². The van der Waals surface area contributed by atoms with Gasteiger partial charge in [0, 0.05) is 0 Å². The van der Waals surface area contributed by atoms with Crippen molar-refractivity contribution >= 4 is 0 Å². The van der Waals surface area contributed by atoms with Crippen LogP contribution in [0.1, 0.15) is 53.4 Å². The van der Waals surface area contributed by atoms with E-state index in [1.165, 1.54) is 31.3 Å². The van der Waals surface area contributed by atoms with Crippen LogP contribution in [-0.2, 0) is 0 Å². The third-order valence-electron chi connectivity index (χ3n) is 3.18. The van der Waals surface area contributed by atoms with Gasteiger partial charge in [0.25, 0.3) is 0 Å². The lowest BCUT2D eigenvalue weighted by atomic mass is 9.77. The van der Waals surface area contributed by atoms with Crippen LogP contribution >= 0.6 is 0 Å². The van der Waals surface area contributed by atoms with Crippen molar-refractivity contribution in [1.29, 1.82) is 0 Å². The Kier molecular flexibility index (Phi) is 6.91. The Morgan fingerprint density at radius 3 is 2.27 bits per heavy atom. The van der Waals surface area contributed by atoms with E-state index >= 15 is 0 Å². The summed E-state index contributed by atoms with van der Waals surface area (Å²) in [7, 11) is 2.02. The summed E-state index contributed by atoms with van der Waals surface area (Å²) in [6.45, 7) is 14.5. The van der Waals surface area contributed by atoms with Gasteiger partial charge in [-0.05, 0) is 44.2 Å². The first-order chi connectivity index (χ1) is 6.93. The zero-order chi connectivity index (χ0) is 11.9. The third-order valence-corrected chi connectivity index (χ3v) is 3.18. The zero-order valence-electron chi connectivity index (χ0n) is 11.3. The molecule has 0 aliphatic heterocycles. The molecule has 0 saturated heterocycles. The Hall–Kier alpha value is -0.300. The highest BCUT2D eigenvalue weighted by atomic mass is 14.8. The number of hydrogen-bond donors (Lipinski definition) is 1. The van der Waals surface area contributed by atoms with Gasteiger partial charge in [-0.3, -0.25) is 0 Å². The molecule has 15 heavy (non-hydrogen) atoms. The average Bonchev–Trinajstić information content (AvgIpc) is 2.16. The number of nitrogens with one attached hydrogen (secondary N) is 1. The Morgan fingerprint density at radius 2 is 1.87 bits per heavy atom. The van der Waals surface area contributed by atoms with Gasteiger partial charge < -0.3 is 5.32 Å². The molecule has 0 radical (unpaired) electrons. The number of unbranched alkanes of at least 4 members (excludes halogenated alkanes) is 1. The van der Waals surface area contributed by atoms with Crippen LogP contribution in [-0.4, -0.2) is 13.6 Å². The molecule has 0 heterocycles. The molecule has 0 aromatic heterocycles. The van der Waals surface area contributed by atoms with Crippen LogP contribution in [0.3, 0.4) is 0 Å². The number of allylic oxidation sites excluding steroid dienone is 1. The summed E-state index contributed by atoms with van der Waals surface area (Å²) in [4.78, 5) is 0. The highest BCUT2D eigenvalue weighted by Crippen LogP contribution is 2.34. The lowest BCUT2D eigenvalue weighted by Crippen LogP contribution is -2.17. The second kappa shape index (κ2) is 7.05. The predicted molar refractivity (Wildman–Crippen MR) is 70.2 cm³/mol. The molecule has 0 saturated carbocycles. The van der Waals surface area contributed by atoms with E-state index in [9.17, 15) is 0 Å². The molecule has 0 aromatic carbocycles. The highest BCUT2D eigenvalue weighted by molar-refractivity contribution is 5.09. The van der Waals surface area contributed by atoms with Gasteiger partial charge in [0.1, 0.15) is 0 Å². The summed E-state index contributed by atoms with van der Waals surface area (Å²) < 4.78 is 0. The fourth-order valence-corrected chi connectivity index (χ4v) is 1.93. The van der Waals surface area contributed by atoms with Crippen LogP contribution in [0.5, 0.6) is 0 Å². The minimum atomic E-state index is 0.268. The number of rotatable bonds is 7. The lowest BCUT2D eigenvalue weighted by molar-refractivity contribution is 0.390. The first-order valence-electron chi connectivity index (χ1n) is 6.27. The van der Waals surface area contributed by atoms with Crippen LogP contribution < -0.4 is 5.32 Å². The van der Waals surface area contributed by atoms with Crippen molar-refractivity contribution in [2.24, 2.45) is 11.3 Å². The van der Waals surface area contributed by atoms with Crippen molar-refractivity contribution in [2.75, 3.05) is 13.6 Å². The molecule has 0 fully saturated rings. The molecule has 1 unspecified atom stereocenters. The summed E-state index contributed by atoms with van der Waals surface area (Å²) in [6.07, 6.45) is 5.13. The zero-order valence-corrected chi connectivity index (χ0v) is 11.3. The van der Waals surface area contributed by atoms with Gasteiger partial charge in [0.2, 0.25) is 0 Å². The van der Waals surface area contributed by atoms with Crippen molar-refractivity contribution in [3.63, 3.8) is 0 Å². The van der Waals surface area contributed by atoms with Gasteiger partial charge in [0.15, 0.2) is 0 Å². The standard InChI is InChI=1S/C14H29N/c1-7-13(10-8-9-11-15-6)12(2)14(3,4)5/h13,15H,2,7-11H2,1,3-6H3. The first kappa shape index (κ1) is 14.7. The van der Waals surface area contributed by atoms with Gasteiger partial charge in [-0.15, -0.1) is 0 Å². The number of hydrogen-bond acceptors (Lipinski definition) is 1. The molecule has 0 bridgehead atoms. The third kappa shape index (κ3) is 5.99. The molecule has 0 amide bonds. The van der Waals surface area contributed by atoms with Gasteiger partial charge in [0.05, 0.1) is 0 Å². The molecule has 1 N–H and O–H groups in total. The van der Waals surface area contributed by atoms with E-state index in [1.807, 2.05) is 7.05 Å². The van der Waals surface area contributed by atoms with Crippen molar-refractivity contribution in [1.82, 2.24) is 5.32 Å². The fraction of sp³-hybridized carbons (Fsp3) is 0.857. The maximum Gasteiger partial charge on any atom is -0.00519 e. The molecule has 1 atom stereocenters. The summed E-state index contributed by atoms with van der Waals surface area (Å²) in [5.41, 5.74) is 1.69. The molecule has 1 nitrogen and oxygen atoms in total. The summed E-state index contributed by atoms with van der Waals surface area (Å²) in [5.74, 6) is 0.710. The van der Waals surface area contributed by atoms with Crippen molar-refractivity contribution < 1.29 is 0 Å². The first-order valence-corrected chi connectivity index (χ1v) is 6.27.